The maximum Gasteiger partial charge on any atom is 0.433 e. The number of anilines is 1. The summed E-state index contributed by atoms with van der Waals surface area (Å²) in [6.07, 6.45) is -4.50. The number of methoxy groups -OCH3 is 1. The van der Waals surface area contributed by atoms with Crippen LogP contribution in [0, 0.1) is 0 Å². The molecule has 0 spiro atoms. The van der Waals surface area contributed by atoms with Gasteiger partial charge in [-0.3, -0.25) is 4.79 Å². The molecule has 9 heteroatoms. The maximum atomic E-state index is 12.4. The second-order valence-electron chi connectivity index (χ2n) is 3.12. The molecule has 100 valence electrons. The summed E-state index contributed by atoms with van der Waals surface area (Å²) in [5.74, 6) is -0.647. The predicted molar refractivity (Wildman–Crippen MR) is 58.8 cm³/mol. The van der Waals surface area contributed by atoms with E-state index in [-0.39, 0.29) is 17.2 Å². The van der Waals surface area contributed by atoms with E-state index in [4.69, 9.17) is 5.73 Å². The smallest absolute Gasteiger partial charge is 0.433 e. The molecular weight excluding hydrogens is 271 g/mol. The topological polar surface area (TPSA) is 78.1 Å². The number of ether oxygens (including phenoxy) is 1. The largest absolute Gasteiger partial charge is 0.469 e. The molecule has 0 aliphatic heterocycles. The van der Waals surface area contributed by atoms with E-state index in [9.17, 15) is 18.0 Å². The Hall–Kier alpha value is -1.51. The lowest BCUT2D eigenvalue weighted by Crippen LogP contribution is -2.11. The minimum absolute atomic E-state index is 0.0683. The van der Waals surface area contributed by atoms with E-state index in [1.165, 1.54) is 7.11 Å². The first-order chi connectivity index (χ1) is 8.32. The Morgan fingerprint density at radius 3 is 2.72 bits per heavy atom. The van der Waals surface area contributed by atoms with E-state index < -0.39 is 23.8 Å². The number of carbonyl (C=O) groups is 1. The Bertz CT molecular complexity index is 440. The van der Waals surface area contributed by atoms with Crippen molar-refractivity contribution in [1.29, 1.82) is 0 Å². The summed E-state index contributed by atoms with van der Waals surface area (Å²) < 4.78 is 41.7. The Balaban J connectivity index is 2.72. The molecule has 1 rings (SSSR count). The van der Waals surface area contributed by atoms with E-state index in [1.54, 1.807) is 0 Å². The molecule has 0 unspecified atom stereocenters. The van der Waals surface area contributed by atoms with E-state index in [2.05, 4.69) is 14.7 Å². The van der Waals surface area contributed by atoms with Crippen LogP contribution in [-0.4, -0.2) is 28.8 Å². The summed E-state index contributed by atoms with van der Waals surface area (Å²) >= 11 is 0.977. The molecule has 0 aliphatic carbocycles. The molecule has 5 nitrogen and oxygen atoms in total. The lowest BCUT2D eigenvalue weighted by molar-refractivity contribution is -0.141. The van der Waals surface area contributed by atoms with E-state index in [0.717, 1.165) is 17.8 Å². The zero-order chi connectivity index (χ0) is 13.8. The van der Waals surface area contributed by atoms with Gasteiger partial charge in [-0.05, 0) is 0 Å². The number of rotatable bonds is 4. The van der Waals surface area contributed by atoms with E-state index >= 15 is 0 Å². The number of hydrogen-bond donors (Lipinski definition) is 1. The summed E-state index contributed by atoms with van der Waals surface area (Å²) in [5.41, 5.74) is 4.09. The average molecular weight is 281 g/mol. The van der Waals surface area contributed by atoms with Crippen LogP contribution in [0.5, 0.6) is 0 Å². The minimum atomic E-state index is -4.57. The first-order valence-corrected chi connectivity index (χ1v) is 5.73. The molecule has 0 atom stereocenters. The quantitative estimate of drug-likeness (QED) is 0.514. The highest BCUT2D eigenvalue weighted by Gasteiger charge is 2.33. The number of esters is 1. The fourth-order valence-electron chi connectivity index (χ4n) is 1.00. The third-order valence-electron chi connectivity index (χ3n) is 1.79. The van der Waals surface area contributed by atoms with Crippen molar-refractivity contribution >= 4 is 23.7 Å². The molecule has 0 amide bonds. The highest BCUT2D eigenvalue weighted by atomic mass is 32.2. The lowest BCUT2D eigenvalue weighted by Gasteiger charge is -2.08. The SMILES string of the molecule is COC(=O)CCSc1cc(C(F)(F)F)nc(N)n1. The molecule has 0 saturated carbocycles. The number of aromatic nitrogens is 2. The molecule has 2 N–H and O–H groups in total. The molecule has 0 saturated heterocycles. The Morgan fingerprint density at radius 1 is 1.50 bits per heavy atom. The van der Waals surface area contributed by atoms with E-state index in [1.807, 2.05) is 0 Å². The van der Waals surface area contributed by atoms with Crippen molar-refractivity contribution in [3.63, 3.8) is 0 Å². The fraction of sp³-hybridized carbons (Fsp3) is 0.444. The number of hydrogen-bond acceptors (Lipinski definition) is 6. The summed E-state index contributed by atoms with van der Waals surface area (Å²) in [5, 5.41) is 0.0683. The summed E-state index contributed by atoms with van der Waals surface area (Å²) in [6, 6.07) is 0.790. The highest BCUT2D eigenvalue weighted by Crippen LogP contribution is 2.30. The molecule has 1 aromatic rings. The monoisotopic (exact) mass is 281 g/mol. The van der Waals surface area contributed by atoms with Crippen LogP contribution in [0.4, 0.5) is 19.1 Å². The first kappa shape index (κ1) is 14.6. The summed E-state index contributed by atoms with van der Waals surface area (Å²) in [7, 11) is 1.23. The average Bonchev–Trinajstić information content (AvgIpc) is 2.27. The number of carbonyl (C=O) groups excluding carboxylic acids is 1. The van der Waals surface area contributed by atoms with Crippen LogP contribution >= 0.6 is 11.8 Å². The van der Waals surface area contributed by atoms with Gasteiger partial charge in [0.2, 0.25) is 5.95 Å². The zero-order valence-corrected chi connectivity index (χ0v) is 10.1. The van der Waals surface area contributed by atoms with Gasteiger partial charge < -0.3 is 10.5 Å². The number of halogens is 3. The molecule has 0 aromatic carbocycles. The lowest BCUT2D eigenvalue weighted by atomic mass is 10.4. The molecule has 0 bridgehead atoms. The third kappa shape index (κ3) is 4.40. The van der Waals surface area contributed by atoms with Crippen LogP contribution < -0.4 is 5.73 Å². The maximum absolute atomic E-state index is 12.4. The van der Waals surface area contributed by atoms with Crippen molar-refractivity contribution in [2.75, 3.05) is 18.6 Å². The van der Waals surface area contributed by atoms with Gasteiger partial charge in [-0.25, -0.2) is 9.97 Å². The van der Waals surface area contributed by atoms with Crippen LogP contribution in [0.3, 0.4) is 0 Å². The number of thioether (sulfide) groups is 1. The predicted octanol–water partition coefficient (Wildman–Crippen LogP) is 1.73. The van der Waals surface area contributed by atoms with Crippen molar-refractivity contribution in [1.82, 2.24) is 9.97 Å². The number of nitrogen functional groups attached to an aromatic ring is 1. The van der Waals surface area contributed by atoms with Gasteiger partial charge in [0.1, 0.15) is 5.03 Å². The van der Waals surface area contributed by atoms with Crippen molar-refractivity contribution in [2.45, 2.75) is 17.6 Å². The number of alkyl halides is 3. The first-order valence-electron chi connectivity index (χ1n) is 4.74. The number of nitrogens with two attached hydrogens (primary N) is 1. The molecule has 0 fully saturated rings. The summed E-state index contributed by atoms with van der Waals surface area (Å²) in [6.45, 7) is 0. The van der Waals surface area contributed by atoms with Crippen molar-refractivity contribution in [3.8, 4) is 0 Å². The van der Waals surface area contributed by atoms with Crippen molar-refractivity contribution in [3.05, 3.63) is 11.8 Å². The molecular formula is C9H10F3N3O2S. The molecule has 18 heavy (non-hydrogen) atoms. The molecule has 1 aromatic heterocycles. The van der Waals surface area contributed by atoms with Gasteiger partial charge in [0, 0.05) is 11.8 Å². The van der Waals surface area contributed by atoms with Crippen molar-refractivity contribution < 1.29 is 22.7 Å². The fourth-order valence-corrected chi connectivity index (χ4v) is 1.83. The van der Waals surface area contributed by atoms with Crippen molar-refractivity contribution in [2.24, 2.45) is 0 Å². The van der Waals surface area contributed by atoms with Crippen LogP contribution in [0.1, 0.15) is 12.1 Å². The standard InChI is InChI=1S/C9H10F3N3O2S/c1-17-7(16)2-3-18-6-4-5(9(10,11)12)14-8(13)15-6/h4H,2-3H2,1H3,(H2,13,14,15). The minimum Gasteiger partial charge on any atom is -0.469 e. The van der Waals surface area contributed by atoms with E-state index in [0.29, 0.717) is 0 Å². The Kier molecular flexibility index (Phi) is 4.76. The summed E-state index contributed by atoms with van der Waals surface area (Å²) in [4.78, 5) is 17.6. The Labute approximate surface area is 105 Å². The molecule has 0 aliphatic rings. The zero-order valence-electron chi connectivity index (χ0n) is 9.32. The van der Waals surface area contributed by atoms with Crippen LogP contribution in [0.2, 0.25) is 0 Å². The van der Waals surface area contributed by atoms with Crippen LogP contribution in [-0.2, 0) is 15.7 Å². The van der Waals surface area contributed by atoms with Gasteiger partial charge >= 0.3 is 12.1 Å². The molecule has 0 radical (unpaired) electrons. The van der Waals surface area contributed by atoms with Gasteiger partial charge in [0.15, 0.2) is 5.69 Å². The number of nitrogens with zero attached hydrogens (tertiary/aromatic N) is 2. The van der Waals surface area contributed by atoms with Gasteiger partial charge in [0.05, 0.1) is 13.5 Å². The normalized spacial score (nSPS) is 11.3. The molecule has 1 heterocycles. The third-order valence-corrected chi connectivity index (χ3v) is 2.71. The Morgan fingerprint density at radius 2 is 2.17 bits per heavy atom. The van der Waals surface area contributed by atoms with Gasteiger partial charge in [-0.2, -0.15) is 13.2 Å². The highest BCUT2D eigenvalue weighted by molar-refractivity contribution is 7.99. The van der Waals surface area contributed by atoms with Gasteiger partial charge in [-0.15, -0.1) is 11.8 Å². The van der Waals surface area contributed by atoms with Gasteiger partial charge in [0.25, 0.3) is 0 Å². The second-order valence-corrected chi connectivity index (χ2v) is 4.24. The van der Waals surface area contributed by atoms with Crippen LogP contribution in [0.15, 0.2) is 11.1 Å². The second kappa shape index (κ2) is 5.89. The van der Waals surface area contributed by atoms with Crippen LogP contribution in [0.25, 0.3) is 0 Å². The van der Waals surface area contributed by atoms with Gasteiger partial charge in [-0.1, -0.05) is 0 Å².